The molecule has 1 saturated heterocycles. The van der Waals surface area contributed by atoms with E-state index in [-0.39, 0.29) is 11.7 Å². The molecule has 6 heteroatoms. The lowest BCUT2D eigenvalue weighted by molar-refractivity contribution is -0.131. The normalized spacial score (nSPS) is 15.7. The van der Waals surface area contributed by atoms with Crippen LogP contribution in [0.1, 0.15) is 19.3 Å². The standard InChI is InChI=1S/C17H22N2O4/c20-15-3-1-14(2-4-15)19-11-8-13(9-12-19)7-10-18-16(21)5-6-17(22)23/h1-6,13,20H,7-12H2,(H,18,21)(H,22,23)/b6-5-. The number of phenols is 1. The van der Waals surface area contributed by atoms with Crippen molar-refractivity contribution in [3.63, 3.8) is 0 Å². The number of carbonyl (C=O) groups excluding carboxylic acids is 1. The number of nitrogens with one attached hydrogen (secondary N) is 1. The Bertz CT molecular complexity index is 560. The number of hydrogen-bond acceptors (Lipinski definition) is 4. The van der Waals surface area contributed by atoms with Crippen LogP contribution in [0.25, 0.3) is 0 Å². The van der Waals surface area contributed by atoms with Gasteiger partial charge in [0.05, 0.1) is 0 Å². The van der Waals surface area contributed by atoms with Gasteiger partial charge < -0.3 is 20.4 Å². The third-order valence-electron chi connectivity index (χ3n) is 4.06. The van der Waals surface area contributed by atoms with E-state index in [1.165, 1.54) is 0 Å². The second kappa shape index (κ2) is 8.22. The summed E-state index contributed by atoms with van der Waals surface area (Å²) in [6.07, 6.45) is 4.89. The molecule has 0 atom stereocenters. The molecular weight excluding hydrogens is 296 g/mol. The highest BCUT2D eigenvalue weighted by atomic mass is 16.4. The molecule has 1 fully saturated rings. The molecule has 2 rings (SSSR count). The minimum Gasteiger partial charge on any atom is -0.508 e. The molecule has 1 aromatic carbocycles. The van der Waals surface area contributed by atoms with E-state index in [0.29, 0.717) is 12.5 Å². The van der Waals surface area contributed by atoms with Crippen molar-refractivity contribution in [2.24, 2.45) is 5.92 Å². The van der Waals surface area contributed by atoms with Crippen LogP contribution in [0.2, 0.25) is 0 Å². The number of nitrogens with zero attached hydrogens (tertiary/aromatic N) is 1. The molecule has 23 heavy (non-hydrogen) atoms. The van der Waals surface area contributed by atoms with E-state index in [2.05, 4.69) is 10.2 Å². The Labute approximate surface area is 135 Å². The summed E-state index contributed by atoms with van der Waals surface area (Å²) in [5.41, 5.74) is 1.12. The summed E-state index contributed by atoms with van der Waals surface area (Å²) in [5, 5.41) is 20.5. The maximum absolute atomic E-state index is 11.4. The smallest absolute Gasteiger partial charge is 0.328 e. The average Bonchev–Trinajstić information content (AvgIpc) is 2.54. The number of anilines is 1. The fraction of sp³-hybridized carbons (Fsp3) is 0.412. The first-order valence-corrected chi connectivity index (χ1v) is 7.77. The van der Waals surface area contributed by atoms with Crippen molar-refractivity contribution in [1.29, 1.82) is 0 Å². The number of carboxylic acid groups (broad SMARTS) is 1. The van der Waals surface area contributed by atoms with E-state index in [1.54, 1.807) is 12.1 Å². The number of piperidine rings is 1. The number of phenolic OH excluding ortho intramolecular Hbond substituents is 1. The maximum Gasteiger partial charge on any atom is 0.328 e. The van der Waals surface area contributed by atoms with Crippen molar-refractivity contribution < 1.29 is 19.8 Å². The van der Waals surface area contributed by atoms with Crippen molar-refractivity contribution >= 4 is 17.6 Å². The molecule has 1 aliphatic heterocycles. The van der Waals surface area contributed by atoms with Crippen LogP contribution >= 0.6 is 0 Å². The molecular formula is C17H22N2O4. The molecule has 1 amide bonds. The van der Waals surface area contributed by atoms with Gasteiger partial charge >= 0.3 is 5.97 Å². The van der Waals surface area contributed by atoms with Gasteiger partial charge in [0.15, 0.2) is 0 Å². The first-order valence-electron chi connectivity index (χ1n) is 7.77. The van der Waals surface area contributed by atoms with Crippen LogP contribution in [0, 0.1) is 5.92 Å². The summed E-state index contributed by atoms with van der Waals surface area (Å²) >= 11 is 0. The van der Waals surface area contributed by atoms with Gasteiger partial charge in [-0.05, 0) is 49.4 Å². The molecule has 6 nitrogen and oxygen atoms in total. The molecule has 124 valence electrons. The first-order chi connectivity index (χ1) is 11.0. The van der Waals surface area contributed by atoms with Crippen molar-refractivity contribution in [3.8, 4) is 5.75 Å². The lowest BCUT2D eigenvalue weighted by Crippen LogP contribution is -2.35. The SMILES string of the molecule is O=C(O)/C=C\C(=O)NCCC1CCN(c2ccc(O)cc2)CC1. The molecule has 0 spiro atoms. The number of rotatable bonds is 6. The average molecular weight is 318 g/mol. The predicted molar refractivity (Wildman–Crippen MR) is 87.4 cm³/mol. The molecule has 3 N–H and O–H groups in total. The first kappa shape index (κ1) is 16.9. The van der Waals surface area contributed by atoms with Gasteiger partial charge in [0.1, 0.15) is 5.75 Å². The molecule has 0 bridgehead atoms. The zero-order valence-electron chi connectivity index (χ0n) is 12.9. The van der Waals surface area contributed by atoms with Crippen LogP contribution in [-0.2, 0) is 9.59 Å². The number of carboxylic acids is 1. The zero-order chi connectivity index (χ0) is 16.7. The Kier molecular flexibility index (Phi) is 6.02. The maximum atomic E-state index is 11.4. The van der Waals surface area contributed by atoms with Crippen LogP contribution in [0.5, 0.6) is 5.75 Å². The van der Waals surface area contributed by atoms with Gasteiger partial charge in [-0.2, -0.15) is 0 Å². The largest absolute Gasteiger partial charge is 0.508 e. The molecule has 1 heterocycles. The highest BCUT2D eigenvalue weighted by molar-refractivity contribution is 5.93. The molecule has 0 unspecified atom stereocenters. The monoisotopic (exact) mass is 318 g/mol. The molecule has 0 aromatic heterocycles. The van der Waals surface area contributed by atoms with E-state index < -0.39 is 5.97 Å². The van der Waals surface area contributed by atoms with E-state index in [1.807, 2.05) is 12.1 Å². The summed E-state index contributed by atoms with van der Waals surface area (Å²) in [5.74, 6) is -0.654. The van der Waals surface area contributed by atoms with Gasteiger partial charge in [0.2, 0.25) is 5.91 Å². The second-order valence-electron chi connectivity index (χ2n) is 5.70. The van der Waals surface area contributed by atoms with Gasteiger partial charge in [-0.3, -0.25) is 4.79 Å². The topological polar surface area (TPSA) is 89.9 Å². The molecule has 0 aliphatic carbocycles. The van der Waals surface area contributed by atoms with E-state index >= 15 is 0 Å². The van der Waals surface area contributed by atoms with Crippen LogP contribution in [0.4, 0.5) is 5.69 Å². The lowest BCUT2D eigenvalue weighted by Gasteiger charge is -2.33. The molecule has 0 radical (unpaired) electrons. The Morgan fingerprint density at radius 1 is 1.17 bits per heavy atom. The Morgan fingerprint density at radius 3 is 2.43 bits per heavy atom. The number of carbonyl (C=O) groups is 2. The van der Waals surface area contributed by atoms with Crippen molar-refractivity contribution in [2.45, 2.75) is 19.3 Å². The predicted octanol–water partition coefficient (Wildman–Crippen LogP) is 1.76. The van der Waals surface area contributed by atoms with Crippen LogP contribution < -0.4 is 10.2 Å². The summed E-state index contributed by atoms with van der Waals surface area (Å²) in [6, 6.07) is 7.23. The zero-order valence-corrected chi connectivity index (χ0v) is 12.9. The van der Waals surface area contributed by atoms with Gasteiger partial charge in [-0.25, -0.2) is 4.79 Å². The van der Waals surface area contributed by atoms with E-state index in [4.69, 9.17) is 5.11 Å². The Balaban J connectivity index is 1.68. The number of hydrogen-bond donors (Lipinski definition) is 3. The summed E-state index contributed by atoms with van der Waals surface area (Å²) < 4.78 is 0. The third-order valence-corrected chi connectivity index (χ3v) is 4.06. The van der Waals surface area contributed by atoms with Crippen molar-refractivity contribution in [3.05, 3.63) is 36.4 Å². The third kappa shape index (κ3) is 5.65. The van der Waals surface area contributed by atoms with Gasteiger partial charge in [-0.1, -0.05) is 0 Å². The van der Waals surface area contributed by atoms with Gasteiger partial charge in [0.25, 0.3) is 0 Å². The molecule has 1 aliphatic rings. The summed E-state index contributed by atoms with van der Waals surface area (Å²) in [4.78, 5) is 24.0. The fourth-order valence-corrected chi connectivity index (χ4v) is 2.75. The van der Waals surface area contributed by atoms with Crippen molar-refractivity contribution in [2.75, 3.05) is 24.5 Å². The van der Waals surface area contributed by atoms with Gasteiger partial charge in [-0.15, -0.1) is 0 Å². The van der Waals surface area contributed by atoms with E-state index in [9.17, 15) is 14.7 Å². The van der Waals surface area contributed by atoms with E-state index in [0.717, 1.165) is 50.2 Å². The van der Waals surface area contributed by atoms with Crippen LogP contribution in [0.15, 0.2) is 36.4 Å². The minimum atomic E-state index is -1.12. The number of aromatic hydroxyl groups is 1. The highest BCUT2D eigenvalue weighted by Crippen LogP contribution is 2.26. The summed E-state index contributed by atoms with van der Waals surface area (Å²) in [7, 11) is 0. The highest BCUT2D eigenvalue weighted by Gasteiger charge is 2.19. The number of benzene rings is 1. The Hall–Kier alpha value is -2.50. The minimum absolute atomic E-state index is 0.274. The quantitative estimate of drug-likeness (QED) is 0.695. The van der Waals surface area contributed by atoms with Crippen molar-refractivity contribution in [1.82, 2.24) is 5.32 Å². The molecule has 0 saturated carbocycles. The molecule has 1 aromatic rings. The second-order valence-corrected chi connectivity index (χ2v) is 5.70. The van der Waals surface area contributed by atoms with Crippen LogP contribution in [0.3, 0.4) is 0 Å². The van der Waals surface area contributed by atoms with Gasteiger partial charge in [0, 0.05) is 37.5 Å². The van der Waals surface area contributed by atoms with Crippen LogP contribution in [-0.4, -0.2) is 41.7 Å². The number of amides is 1. The number of aliphatic carboxylic acids is 1. The Morgan fingerprint density at radius 2 is 1.83 bits per heavy atom. The lowest BCUT2D eigenvalue weighted by atomic mass is 9.93. The fourth-order valence-electron chi connectivity index (χ4n) is 2.75. The summed E-state index contributed by atoms with van der Waals surface area (Å²) in [6.45, 7) is 2.48.